The molecule has 5 rings (SSSR count). The van der Waals surface area contributed by atoms with E-state index in [2.05, 4.69) is 106 Å². The van der Waals surface area contributed by atoms with E-state index in [0.29, 0.717) is 5.92 Å². The molecule has 1 aromatic heterocycles. The zero-order valence-corrected chi connectivity index (χ0v) is 18.9. The van der Waals surface area contributed by atoms with E-state index in [0.717, 1.165) is 43.0 Å². The fraction of sp³-hybridized carbons (Fsp3) is 0.207. The predicted octanol–water partition coefficient (Wildman–Crippen LogP) is 6.13. The first-order chi connectivity index (χ1) is 16.2. The molecule has 0 spiro atoms. The maximum absolute atomic E-state index is 9.61. The zero-order valence-electron chi connectivity index (χ0n) is 18.9. The zero-order chi connectivity index (χ0) is 22.6. The number of hydrogen-bond donors (Lipinski definition) is 1. The molecule has 1 aliphatic heterocycles. The second kappa shape index (κ2) is 9.47. The predicted molar refractivity (Wildman–Crippen MR) is 134 cm³/mol. The topological polar surface area (TPSA) is 40.8 Å². The lowest BCUT2D eigenvalue weighted by Gasteiger charge is -2.33. The highest BCUT2D eigenvalue weighted by Gasteiger charge is 2.32. The molecular formula is C29H29N3O. The van der Waals surface area contributed by atoms with Gasteiger partial charge in [0.15, 0.2) is 0 Å². The van der Waals surface area contributed by atoms with Crippen LogP contribution in [-0.2, 0) is 19.6 Å². The third kappa shape index (κ3) is 4.35. The largest absolute Gasteiger partial charge is 0.411 e. The van der Waals surface area contributed by atoms with Crippen LogP contribution in [0.3, 0.4) is 0 Å². The van der Waals surface area contributed by atoms with Crippen molar-refractivity contribution in [1.29, 1.82) is 0 Å². The van der Waals surface area contributed by atoms with Crippen molar-refractivity contribution < 1.29 is 5.21 Å². The minimum absolute atomic E-state index is 0.351. The smallest absolute Gasteiger partial charge is 0.0758 e. The number of oxime groups is 1. The Kier molecular flexibility index (Phi) is 6.09. The lowest BCUT2D eigenvalue weighted by Crippen LogP contribution is -2.33. The highest BCUT2D eigenvalue weighted by molar-refractivity contribution is 5.92. The Hall–Kier alpha value is -3.63. The Morgan fingerprint density at radius 2 is 1.42 bits per heavy atom. The number of fused-ring (bicyclic) bond motifs is 1. The molecule has 1 unspecified atom stereocenters. The summed E-state index contributed by atoms with van der Waals surface area (Å²) in [5.74, 6) is 0.351. The molecule has 33 heavy (non-hydrogen) atoms. The Labute approximate surface area is 195 Å². The van der Waals surface area contributed by atoms with E-state index in [1.54, 1.807) is 6.21 Å². The maximum atomic E-state index is 9.61. The molecule has 0 aliphatic carbocycles. The van der Waals surface area contributed by atoms with Crippen molar-refractivity contribution in [3.8, 4) is 11.3 Å². The van der Waals surface area contributed by atoms with E-state index in [1.807, 2.05) is 6.07 Å². The summed E-state index contributed by atoms with van der Waals surface area (Å²) in [5.41, 5.74) is 8.46. The SMILES string of the molecule is CC1CN(Cc2ccccc2)Cc2c(/C=N/O)c(-c3ccccc3)n(Cc3ccccc3)c21. The van der Waals surface area contributed by atoms with E-state index in [9.17, 15) is 5.21 Å². The summed E-state index contributed by atoms with van der Waals surface area (Å²) in [6.45, 7) is 5.83. The Morgan fingerprint density at radius 3 is 2.03 bits per heavy atom. The summed E-state index contributed by atoms with van der Waals surface area (Å²) >= 11 is 0. The second-order valence-corrected chi connectivity index (χ2v) is 8.86. The van der Waals surface area contributed by atoms with Gasteiger partial charge in [0.1, 0.15) is 0 Å². The van der Waals surface area contributed by atoms with Gasteiger partial charge in [-0.15, -0.1) is 0 Å². The molecule has 3 aromatic carbocycles. The maximum Gasteiger partial charge on any atom is 0.0758 e. The highest BCUT2D eigenvalue weighted by Crippen LogP contribution is 2.39. The monoisotopic (exact) mass is 435 g/mol. The first-order valence-electron chi connectivity index (χ1n) is 11.5. The summed E-state index contributed by atoms with van der Waals surface area (Å²) < 4.78 is 2.45. The quantitative estimate of drug-likeness (QED) is 0.225. The fourth-order valence-electron chi connectivity index (χ4n) is 5.20. The molecule has 1 N–H and O–H groups in total. The molecular weight excluding hydrogens is 406 g/mol. The molecule has 1 aliphatic rings. The van der Waals surface area contributed by atoms with Crippen LogP contribution in [0.15, 0.2) is 96.2 Å². The van der Waals surface area contributed by atoms with Gasteiger partial charge in [-0.1, -0.05) is 103 Å². The van der Waals surface area contributed by atoms with Crippen LogP contribution in [0.25, 0.3) is 11.3 Å². The van der Waals surface area contributed by atoms with Gasteiger partial charge in [0.05, 0.1) is 11.9 Å². The van der Waals surface area contributed by atoms with E-state index in [4.69, 9.17) is 0 Å². The van der Waals surface area contributed by atoms with Crippen LogP contribution in [-0.4, -0.2) is 27.4 Å². The molecule has 0 saturated heterocycles. The van der Waals surface area contributed by atoms with Crippen molar-refractivity contribution in [3.05, 3.63) is 119 Å². The van der Waals surface area contributed by atoms with Crippen molar-refractivity contribution in [2.45, 2.75) is 32.5 Å². The van der Waals surface area contributed by atoms with Crippen LogP contribution in [0, 0.1) is 0 Å². The first-order valence-corrected chi connectivity index (χ1v) is 11.5. The van der Waals surface area contributed by atoms with Gasteiger partial charge in [-0.3, -0.25) is 4.90 Å². The van der Waals surface area contributed by atoms with E-state index in [1.165, 1.54) is 22.4 Å². The molecule has 2 heterocycles. The Morgan fingerprint density at radius 1 is 0.848 bits per heavy atom. The number of hydrogen-bond acceptors (Lipinski definition) is 3. The van der Waals surface area contributed by atoms with Gasteiger partial charge in [0.25, 0.3) is 0 Å². The van der Waals surface area contributed by atoms with Gasteiger partial charge in [-0.25, -0.2) is 0 Å². The highest BCUT2D eigenvalue weighted by atomic mass is 16.4. The summed E-state index contributed by atoms with van der Waals surface area (Å²) in [4.78, 5) is 2.50. The molecule has 166 valence electrons. The lowest BCUT2D eigenvalue weighted by molar-refractivity contribution is 0.223. The van der Waals surface area contributed by atoms with Crippen LogP contribution in [0.5, 0.6) is 0 Å². The van der Waals surface area contributed by atoms with Crippen molar-refractivity contribution >= 4 is 6.21 Å². The molecule has 0 saturated carbocycles. The Bertz CT molecular complexity index is 1230. The average molecular weight is 436 g/mol. The van der Waals surface area contributed by atoms with Crippen LogP contribution in [0.1, 0.15) is 40.8 Å². The molecule has 0 bridgehead atoms. The number of benzene rings is 3. The van der Waals surface area contributed by atoms with Gasteiger partial charge in [0, 0.05) is 43.4 Å². The first kappa shape index (κ1) is 21.2. The second-order valence-electron chi connectivity index (χ2n) is 8.86. The van der Waals surface area contributed by atoms with Gasteiger partial charge < -0.3 is 9.77 Å². The molecule has 0 fully saturated rings. The van der Waals surface area contributed by atoms with E-state index < -0.39 is 0 Å². The van der Waals surface area contributed by atoms with Gasteiger partial charge in [0.2, 0.25) is 0 Å². The van der Waals surface area contributed by atoms with Gasteiger partial charge >= 0.3 is 0 Å². The normalized spacial score (nSPS) is 16.2. The van der Waals surface area contributed by atoms with E-state index in [-0.39, 0.29) is 0 Å². The molecule has 4 heteroatoms. The van der Waals surface area contributed by atoms with Crippen molar-refractivity contribution in [3.63, 3.8) is 0 Å². The molecule has 0 radical (unpaired) electrons. The third-order valence-corrected chi connectivity index (χ3v) is 6.50. The molecule has 4 nitrogen and oxygen atoms in total. The van der Waals surface area contributed by atoms with Gasteiger partial charge in [-0.05, 0) is 22.3 Å². The van der Waals surface area contributed by atoms with Crippen molar-refractivity contribution in [2.75, 3.05) is 6.54 Å². The van der Waals surface area contributed by atoms with Gasteiger partial charge in [-0.2, -0.15) is 0 Å². The lowest BCUT2D eigenvalue weighted by atomic mass is 9.94. The molecule has 0 amide bonds. The van der Waals surface area contributed by atoms with Crippen LogP contribution in [0.4, 0.5) is 0 Å². The standard InChI is InChI=1S/C29H29N3O/c1-22-18-31(19-23-11-5-2-6-12-23)21-27-26(17-30-33)29(25-15-9-4-10-16-25)32(28(22)27)20-24-13-7-3-8-14-24/h2-17,22,33H,18-21H2,1H3/b30-17+. The van der Waals surface area contributed by atoms with Crippen molar-refractivity contribution in [2.24, 2.45) is 5.16 Å². The number of aromatic nitrogens is 1. The number of rotatable bonds is 6. The van der Waals surface area contributed by atoms with Crippen LogP contribution in [0.2, 0.25) is 0 Å². The molecule has 4 aromatic rings. The molecule has 1 atom stereocenters. The van der Waals surface area contributed by atoms with Crippen molar-refractivity contribution in [1.82, 2.24) is 9.47 Å². The summed E-state index contributed by atoms with van der Waals surface area (Å²) in [6, 6.07) is 31.7. The minimum atomic E-state index is 0.351. The average Bonchev–Trinajstić information content (AvgIpc) is 3.14. The summed E-state index contributed by atoms with van der Waals surface area (Å²) in [6.07, 6.45) is 1.63. The van der Waals surface area contributed by atoms with Crippen LogP contribution >= 0.6 is 0 Å². The fourth-order valence-corrected chi connectivity index (χ4v) is 5.20. The third-order valence-electron chi connectivity index (χ3n) is 6.50. The van der Waals surface area contributed by atoms with Crippen LogP contribution < -0.4 is 0 Å². The summed E-state index contributed by atoms with van der Waals surface area (Å²) in [7, 11) is 0. The van der Waals surface area contributed by atoms with E-state index >= 15 is 0 Å². The minimum Gasteiger partial charge on any atom is -0.411 e. The number of nitrogens with zero attached hydrogens (tertiary/aromatic N) is 3. The summed E-state index contributed by atoms with van der Waals surface area (Å²) in [5, 5.41) is 13.1. The Balaban J connectivity index is 1.64.